The molecule has 3 nitrogen and oxygen atoms in total. The second-order valence-corrected chi connectivity index (χ2v) is 7.94. The van der Waals surface area contributed by atoms with Crippen molar-refractivity contribution in [2.75, 3.05) is 18.8 Å². The molecule has 0 bridgehead atoms. The predicted octanol–water partition coefficient (Wildman–Crippen LogP) is 2.70. The number of nitrogens with one attached hydrogen (secondary N) is 2. The first-order valence-electron chi connectivity index (χ1n) is 7.82. The summed E-state index contributed by atoms with van der Waals surface area (Å²) in [5, 5.41) is 6.53. The van der Waals surface area contributed by atoms with Gasteiger partial charge in [-0.25, -0.2) is 0 Å². The fourth-order valence-electron chi connectivity index (χ4n) is 3.12. The number of hydrogen-bond donors (Lipinski definition) is 2. The van der Waals surface area contributed by atoms with Crippen LogP contribution in [0.5, 0.6) is 0 Å². The predicted molar refractivity (Wildman–Crippen MR) is 82.6 cm³/mol. The smallest absolute Gasteiger partial charge is 0.234 e. The first-order valence-corrected chi connectivity index (χ1v) is 8.81. The third-order valence-corrected chi connectivity index (χ3v) is 5.84. The molecule has 1 atom stereocenters. The van der Waals surface area contributed by atoms with Crippen molar-refractivity contribution in [2.24, 2.45) is 0 Å². The molecule has 1 aliphatic carbocycles. The maximum absolute atomic E-state index is 11.9. The number of carbonyl (C=O) groups excluding carboxylic acids is 1. The number of thioether (sulfide) groups is 1. The molecule has 0 aromatic carbocycles. The van der Waals surface area contributed by atoms with E-state index in [4.69, 9.17) is 0 Å². The number of amides is 1. The molecule has 1 saturated heterocycles. The van der Waals surface area contributed by atoms with Gasteiger partial charge in [-0.3, -0.25) is 4.79 Å². The van der Waals surface area contributed by atoms with E-state index < -0.39 is 0 Å². The number of rotatable bonds is 5. The van der Waals surface area contributed by atoms with Crippen molar-refractivity contribution in [3.8, 4) is 0 Å². The summed E-state index contributed by atoms with van der Waals surface area (Å²) in [4.78, 5) is 11.9. The van der Waals surface area contributed by atoms with E-state index in [2.05, 4.69) is 17.6 Å². The highest BCUT2D eigenvalue weighted by molar-refractivity contribution is 8.00. The summed E-state index contributed by atoms with van der Waals surface area (Å²) in [7, 11) is 0. The maximum atomic E-state index is 11.9. The van der Waals surface area contributed by atoms with Crippen LogP contribution in [0.3, 0.4) is 0 Å². The molecule has 2 N–H and O–H groups in total. The van der Waals surface area contributed by atoms with Gasteiger partial charge in [-0.15, -0.1) is 0 Å². The van der Waals surface area contributed by atoms with Crippen LogP contribution in [0.15, 0.2) is 0 Å². The monoisotopic (exact) mass is 284 g/mol. The summed E-state index contributed by atoms with van der Waals surface area (Å²) < 4.78 is 0.350. The SMILES string of the molecule is CC1(CNCC(=O)NC2CCCCCC2)CCCS1. The third-order valence-electron chi connectivity index (χ3n) is 4.31. The molecule has 2 aliphatic rings. The molecule has 2 fully saturated rings. The summed E-state index contributed by atoms with van der Waals surface area (Å²) in [6, 6.07) is 0.424. The average molecular weight is 284 g/mol. The van der Waals surface area contributed by atoms with Gasteiger partial charge in [-0.1, -0.05) is 25.7 Å². The second-order valence-electron chi connectivity index (χ2n) is 6.26. The number of hydrogen-bond acceptors (Lipinski definition) is 3. The molecule has 4 heteroatoms. The van der Waals surface area contributed by atoms with Gasteiger partial charge in [-0.05, 0) is 38.4 Å². The van der Waals surface area contributed by atoms with E-state index >= 15 is 0 Å². The van der Waals surface area contributed by atoms with Gasteiger partial charge in [-0.2, -0.15) is 11.8 Å². The lowest BCUT2D eigenvalue weighted by Gasteiger charge is -2.23. The molecule has 0 radical (unpaired) electrons. The zero-order valence-corrected chi connectivity index (χ0v) is 13.0. The van der Waals surface area contributed by atoms with Crippen molar-refractivity contribution in [2.45, 2.75) is 69.1 Å². The van der Waals surface area contributed by atoms with Crippen molar-refractivity contribution in [1.82, 2.24) is 10.6 Å². The second kappa shape index (κ2) is 7.53. The van der Waals surface area contributed by atoms with Crippen LogP contribution in [0.2, 0.25) is 0 Å². The highest BCUT2D eigenvalue weighted by atomic mass is 32.2. The highest BCUT2D eigenvalue weighted by Gasteiger charge is 2.29. The van der Waals surface area contributed by atoms with Crippen molar-refractivity contribution in [3.05, 3.63) is 0 Å². The first-order chi connectivity index (χ1) is 9.18. The molecule has 2 rings (SSSR count). The van der Waals surface area contributed by atoms with Gasteiger partial charge in [0.1, 0.15) is 0 Å². The van der Waals surface area contributed by atoms with Crippen molar-refractivity contribution < 1.29 is 4.79 Å². The fourth-order valence-corrected chi connectivity index (χ4v) is 4.39. The van der Waals surface area contributed by atoms with Crippen LogP contribution in [0.4, 0.5) is 0 Å². The normalized spacial score (nSPS) is 29.1. The zero-order valence-electron chi connectivity index (χ0n) is 12.2. The molecule has 19 heavy (non-hydrogen) atoms. The van der Waals surface area contributed by atoms with Crippen molar-refractivity contribution in [3.63, 3.8) is 0 Å². The van der Waals surface area contributed by atoms with E-state index in [9.17, 15) is 4.79 Å². The lowest BCUT2D eigenvalue weighted by Crippen LogP contribution is -2.43. The van der Waals surface area contributed by atoms with E-state index in [0.717, 1.165) is 6.54 Å². The molecule has 1 aliphatic heterocycles. The minimum absolute atomic E-state index is 0.179. The lowest BCUT2D eigenvalue weighted by atomic mass is 10.1. The Morgan fingerprint density at radius 1 is 1.21 bits per heavy atom. The van der Waals surface area contributed by atoms with Gasteiger partial charge in [0.15, 0.2) is 0 Å². The summed E-state index contributed by atoms with van der Waals surface area (Å²) in [5.74, 6) is 1.45. The molecule has 1 unspecified atom stereocenters. The van der Waals surface area contributed by atoms with Crippen molar-refractivity contribution in [1.29, 1.82) is 0 Å². The van der Waals surface area contributed by atoms with Gasteiger partial charge in [0, 0.05) is 17.3 Å². The summed E-state index contributed by atoms with van der Waals surface area (Å²) in [6.07, 6.45) is 10.1. The number of carbonyl (C=O) groups is 1. The van der Waals surface area contributed by atoms with Crippen LogP contribution in [-0.2, 0) is 4.79 Å². The average Bonchev–Trinajstić information content (AvgIpc) is 2.64. The van der Waals surface area contributed by atoms with Crippen LogP contribution in [0.25, 0.3) is 0 Å². The highest BCUT2D eigenvalue weighted by Crippen LogP contribution is 2.36. The van der Waals surface area contributed by atoms with Crippen LogP contribution < -0.4 is 10.6 Å². The molecule has 0 aromatic rings. The Kier molecular flexibility index (Phi) is 6.02. The van der Waals surface area contributed by atoms with E-state index in [1.165, 1.54) is 57.1 Å². The van der Waals surface area contributed by atoms with E-state index in [1.54, 1.807) is 0 Å². The van der Waals surface area contributed by atoms with Crippen LogP contribution in [-0.4, -0.2) is 35.5 Å². The maximum Gasteiger partial charge on any atom is 0.234 e. The Bertz CT molecular complexity index is 282. The standard InChI is InChI=1S/C15H28N2OS/c1-15(9-6-10-19-15)12-16-11-14(18)17-13-7-4-2-3-5-8-13/h13,16H,2-12H2,1H3,(H,17,18). The van der Waals surface area contributed by atoms with Crippen LogP contribution >= 0.6 is 11.8 Å². The summed E-state index contributed by atoms with van der Waals surface area (Å²) in [5.41, 5.74) is 0. The largest absolute Gasteiger partial charge is 0.352 e. The Morgan fingerprint density at radius 3 is 2.58 bits per heavy atom. The quantitative estimate of drug-likeness (QED) is 0.763. The summed E-state index contributed by atoms with van der Waals surface area (Å²) >= 11 is 2.04. The molecule has 1 amide bonds. The fraction of sp³-hybridized carbons (Fsp3) is 0.933. The van der Waals surface area contributed by atoms with E-state index in [0.29, 0.717) is 17.3 Å². The molecule has 1 heterocycles. The minimum Gasteiger partial charge on any atom is -0.352 e. The minimum atomic E-state index is 0.179. The van der Waals surface area contributed by atoms with Crippen molar-refractivity contribution >= 4 is 17.7 Å². The molecule has 1 saturated carbocycles. The Hall–Kier alpha value is -0.220. The van der Waals surface area contributed by atoms with E-state index in [1.807, 2.05) is 11.8 Å². The lowest BCUT2D eigenvalue weighted by molar-refractivity contribution is -0.121. The first kappa shape index (κ1) is 15.2. The van der Waals surface area contributed by atoms with Gasteiger partial charge in [0.05, 0.1) is 6.54 Å². The van der Waals surface area contributed by atoms with Gasteiger partial charge < -0.3 is 10.6 Å². The Labute approximate surface area is 121 Å². The summed E-state index contributed by atoms with van der Waals surface area (Å²) in [6.45, 7) is 3.74. The molecular weight excluding hydrogens is 256 g/mol. The van der Waals surface area contributed by atoms with Gasteiger partial charge >= 0.3 is 0 Å². The molecule has 0 spiro atoms. The molecule has 0 aromatic heterocycles. The van der Waals surface area contributed by atoms with E-state index in [-0.39, 0.29) is 5.91 Å². The van der Waals surface area contributed by atoms with Crippen LogP contribution in [0, 0.1) is 0 Å². The topological polar surface area (TPSA) is 41.1 Å². The molecular formula is C15H28N2OS. The molecule has 110 valence electrons. The zero-order chi connectivity index (χ0) is 13.6. The Morgan fingerprint density at radius 2 is 1.95 bits per heavy atom. The Balaban J connectivity index is 1.61. The van der Waals surface area contributed by atoms with Gasteiger partial charge in [0.25, 0.3) is 0 Å². The third kappa shape index (κ3) is 5.35. The van der Waals surface area contributed by atoms with Crippen LogP contribution in [0.1, 0.15) is 58.3 Å². The van der Waals surface area contributed by atoms with Gasteiger partial charge in [0.2, 0.25) is 5.91 Å².